The van der Waals surface area contributed by atoms with Gasteiger partial charge in [0.1, 0.15) is 0 Å². The van der Waals surface area contributed by atoms with Gasteiger partial charge in [-0.2, -0.15) is 5.10 Å². The summed E-state index contributed by atoms with van der Waals surface area (Å²) in [5.74, 6) is 5.42. The van der Waals surface area contributed by atoms with Gasteiger partial charge in [-0.15, -0.1) is 5.10 Å². The minimum Gasteiger partial charge on any atom is -0.323 e. The zero-order chi connectivity index (χ0) is 12.1. The van der Waals surface area contributed by atoms with E-state index >= 15 is 0 Å². The topological polar surface area (TPSA) is 92.9 Å². The van der Waals surface area contributed by atoms with E-state index in [0.29, 0.717) is 17.1 Å². The quantitative estimate of drug-likeness (QED) is 0.539. The summed E-state index contributed by atoms with van der Waals surface area (Å²) in [5, 5.41) is 10.1. The average molecular weight is 229 g/mol. The lowest BCUT2D eigenvalue weighted by Gasteiger charge is -2.08. The number of rotatable bonds is 3. The molecule has 0 spiro atoms. The monoisotopic (exact) mass is 229 g/mol. The number of nitrogen functional groups attached to an aromatic ring is 1. The SMILES string of the molecule is NNc1ccccc1C(=O)Nc1cccnn1. The number of para-hydroxylation sites is 1. The van der Waals surface area contributed by atoms with Crippen molar-refractivity contribution in [3.63, 3.8) is 0 Å². The van der Waals surface area contributed by atoms with Crippen LogP contribution < -0.4 is 16.6 Å². The highest BCUT2D eigenvalue weighted by Crippen LogP contribution is 2.14. The molecule has 1 aromatic heterocycles. The maximum absolute atomic E-state index is 11.9. The molecule has 1 aromatic carbocycles. The van der Waals surface area contributed by atoms with E-state index in [1.165, 1.54) is 6.20 Å². The summed E-state index contributed by atoms with van der Waals surface area (Å²) in [6, 6.07) is 10.3. The Bertz CT molecular complexity index is 514. The molecule has 0 saturated heterocycles. The predicted octanol–water partition coefficient (Wildman–Crippen LogP) is 1.01. The molecule has 86 valence electrons. The molecule has 0 radical (unpaired) electrons. The van der Waals surface area contributed by atoms with Crippen LogP contribution in [0.5, 0.6) is 0 Å². The van der Waals surface area contributed by atoms with Crippen LogP contribution in [-0.4, -0.2) is 16.1 Å². The van der Waals surface area contributed by atoms with Gasteiger partial charge >= 0.3 is 0 Å². The molecule has 1 amide bonds. The van der Waals surface area contributed by atoms with E-state index in [-0.39, 0.29) is 5.91 Å². The molecule has 0 aliphatic heterocycles. The van der Waals surface area contributed by atoms with Crippen LogP contribution in [0.15, 0.2) is 42.6 Å². The number of hydrazine groups is 1. The van der Waals surface area contributed by atoms with E-state index < -0.39 is 0 Å². The Morgan fingerprint density at radius 2 is 2.00 bits per heavy atom. The summed E-state index contributed by atoms with van der Waals surface area (Å²) >= 11 is 0. The molecule has 2 aromatic rings. The third-order valence-electron chi connectivity index (χ3n) is 2.14. The van der Waals surface area contributed by atoms with Gasteiger partial charge in [-0.1, -0.05) is 12.1 Å². The molecule has 0 aliphatic rings. The standard InChI is InChI=1S/C11H11N5O/c12-15-9-5-2-1-4-8(9)11(17)14-10-6-3-7-13-16-10/h1-7,15H,12H2,(H,14,16,17). The second-order valence-electron chi connectivity index (χ2n) is 3.25. The Morgan fingerprint density at radius 1 is 1.18 bits per heavy atom. The minimum absolute atomic E-state index is 0.293. The number of nitrogens with zero attached hydrogens (tertiary/aromatic N) is 2. The summed E-state index contributed by atoms with van der Waals surface area (Å²) in [6.07, 6.45) is 1.53. The van der Waals surface area contributed by atoms with E-state index in [4.69, 9.17) is 5.84 Å². The van der Waals surface area contributed by atoms with Gasteiger partial charge < -0.3 is 10.7 Å². The van der Waals surface area contributed by atoms with Gasteiger partial charge in [0.15, 0.2) is 5.82 Å². The second kappa shape index (κ2) is 5.04. The van der Waals surface area contributed by atoms with Crippen LogP contribution >= 0.6 is 0 Å². The van der Waals surface area contributed by atoms with Gasteiger partial charge in [-0.3, -0.25) is 10.6 Å². The number of nitrogens with one attached hydrogen (secondary N) is 2. The number of aromatic nitrogens is 2. The van der Waals surface area contributed by atoms with Crippen molar-refractivity contribution in [3.8, 4) is 0 Å². The Hall–Kier alpha value is -2.47. The lowest BCUT2D eigenvalue weighted by molar-refractivity contribution is 0.102. The molecule has 0 bridgehead atoms. The minimum atomic E-state index is -0.293. The molecular weight excluding hydrogens is 218 g/mol. The first-order valence-electron chi connectivity index (χ1n) is 4.96. The van der Waals surface area contributed by atoms with E-state index in [0.717, 1.165) is 0 Å². The highest BCUT2D eigenvalue weighted by Gasteiger charge is 2.10. The molecule has 0 fully saturated rings. The van der Waals surface area contributed by atoms with Gasteiger partial charge in [0.05, 0.1) is 11.3 Å². The molecule has 0 saturated carbocycles. The summed E-state index contributed by atoms with van der Waals surface area (Å²) in [5.41, 5.74) is 3.46. The third kappa shape index (κ3) is 2.56. The van der Waals surface area contributed by atoms with Gasteiger partial charge in [0.25, 0.3) is 5.91 Å². The Labute approximate surface area is 97.8 Å². The van der Waals surface area contributed by atoms with Crippen molar-refractivity contribution in [3.05, 3.63) is 48.2 Å². The zero-order valence-corrected chi connectivity index (χ0v) is 8.92. The number of anilines is 2. The van der Waals surface area contributed by atoms with Crippen LogP contribution in [0.1, 0.15) is 10.4 Å². The highest BCUT2D eigenvalue weighted by molar-refractivity contribution is 6.07. The van der Waals surface area contributed by atoms with Gasteiger partial charge in [-0.05, 0) is 24.3 Å². The fourth-order valence-corrected chi connectivity index (χ4v) is 1.36. The lowest BCUT2D eigenvalue weighted by Crippen LogP contribution is -2.17. The fourth-order valence-electron chi connectivity index (χ4n) is 1.36. The summed E-state index contributed by atoms with van der Waals surface area (Å²) in [4.78, 5) is 11.9. The second-order valence-corrected chi connectivity index (χ2v) is 3.25. The van der Waals surface area contributed by atoms with Crippen LogP contribution in [0.4, 0.5) is 11.5 Å². The van der Waals surface area contributed by atoms with Gasteiger partial charge in [-0.25, -0.2) is 0 Å². The Morgan fingerprint density at radius 3 is 2.71 bits per heavy atom. The van der Waals surface area contributed by atoms with Crippen molar-refractivity contribution >= 4 is 17.4 Å². The normalized spacial score (nSPS) is 9.71. The van der Waals surface area contributed by atoms with Crippen LogP contribution in [0.25, 0.3) is 0 Å². The molecule has 2 rings (SSSR count). The molecule has 0 atom stereocenters. The molecular formula is C11H11N5O. The molecule has 0 unspecified atom stereocenters. The molecule has 6 nitrogen and oxygen atoms in total. The zero-order valence-electron chi connectivity index (χ0n) is 8.92. The number of carbonyl (C=O) groups excluding carboxylic acids is 1. The van der Waals surface area contributed by atoms with E-state index in [2.05, 4.69) is 20.9 Å². The van der Waals surface area contributed by atoms with E-state index in [1.54, 1.807) is 36.4 Å². The molecule has 6 heteroatoms. The van der Waals surface area contributed by atoms with Crippen molar-refractivity contribution in [2.24, 2.45) is 5.84 Å². The third-order valence-corrected chi connectivity index (χ3v) is 2.14. The summed E-state index contributed by atoms with van der Waals surface area (Å²) in [6.45, 7) is 0. The summed E-state index contributed by atoms with van der Waals surface area (Å²) in [7, 11) is 0. The van der Waals surface area contributed by atoms with E-state index in [1.807, 2.05) is 0 Å². The number of nitrogens with two attached hydrogens (primary N) is 1. The van der Waals surface area contributed by atoms with Crippen LogP contribution in [0.2, 0.25) is 0 Å². The number of benzene rings is 1. The average Bonchev–Trinajstić information content (AvgIpc) is 2.40. The first-order valence-corrected chi connectivity index (χ1v) is 4.96. The van der Waals surface area contributed by atoms with Crippen molar-refractivity contribution in [1.29, 1.82) is 0 Å². The fraction of sp³-hybridized carbons (Fsp3) is 0. The Balaban J connectivity index is 2.20. The molecule has 17 heavy (non-hydrogen) atoms. The van der Waals surface area contributed by atoms with Crippen molar-refractivity contribution in [2.75, 3.05) is 10.7 Å². The maximum atomic E-state index is 11.9. The number of hydrogen-bond acceptors (Lipinski definition) is 5. The van der Waals surface area contributed by atoms with Gasteiger partial charge in [0.2, 0.25) is 0 Å². The first-order chi connectivity index (χ1) is 8.31. The van der Waals surface area contributed by atoms with Crippen molar-refractivity contribution in [2.45, 2.75) is 0 Å². The van der Waals surface area contributed by atoms with Crippen molar-refractivity contribution < 1.29 is 4.79 Å². The predicted molar refractivity (Wildman–Crippen MR) is 64.2 cm³/mol. The summed E-state index contributed by atoms with van der Waals surface area (Å²) < 4.78 is 0. The smallest absolute Gasteiger partial charge is 0.259 e. The maximum Gasteiger partial charge on any atom is 0.259 e. The van der Waals surface area contributed by atoms with Crippen LogP contribution in [-0.2, 0) is 0 Å². The van der Waals surface area contributed by atoms with Crippen LogP contribution in [0.3, 0.4) is 0 Å². The number of carbonyl (C=O) groups is 1. The molecule has 1 heterocycles. The lowest BCUT2D eigenvalue weighted by atomic mass is 10.1. The first kappa shape index (κ1) is 11.0. The molecule has 4 N–H and O–H groups in total. The van der Waals surface area contributed by atoms with E-state index in [9.17, 15) is 4.79 Å². The highest BCUT2D eigenvalue weighted by atomic mass is 16.1. The van der Waals surface area contributed by atoms with Crippen molar-refractivity contribution in [1.82, 2.24) is 10.2 Å². The largest absolute Gasteiger partial charge is 0.323 e. The number of hydrogen-bond donors (Lipinski definition) is 3. The molecule has 0 aliphatic carbocycles. The number of amides is 1. The van der Waals surface area contributed by atoms with Crippen LogP contribution in [0, 0.1) is 0 Å². The van der Waals surface area contributed by atoms with Gasteiger partial charge in [0, 0.05) is 6.20 Å². The Kier molecular flexibility index (Phi) is 3.27.